The van der Waals surface area contributed by atoms with Crippen LogP contribution >= 0.6 is 0 Å². The van der Waals surface area contributed by atoms with Crippen molar-refractivity contribution in [3.63, 3.8) is 0 Å². The third kappa shape index (κ3) is 4.32. The van der Waals surface area contributed by atoms with E-state index in [9.17, 15) is 14.7 Å². The standard InChI is InChI=1S/C22H31NO5/c1-6-8-9-15(7-2)13-23-20(19(14(3)24)21(25)22(23)26)17-11-10-16(27-4)12-18(17)28-5/h10-12,15,20,25H,6-9,13H2,1-5H3/t15-,20-/m1/s1. The second-order valence-corrected chi connectivity index (χ2v) is 7.20. The van der Waals surface area contributed by atoms with Crippen LogP contribution in [-0.4, -0.2) is 42.5 Å². The third-order valence-electron chi connectivity index (χ3n) is 5.42. The average Bonchev–Trinajstić information content (AvgIpc) is 2.95. The Labute approximate surface area is 167 Å². The van der Waals surface area contributed by atoms with E-state index in [1.807, 2.05) is 0 Å². The van der Waals surface area contributed by atoms with Crippen LogP contribution in [0.2, 0.25) is 0 Å². The molecule has 28 heavy (non-hydrogen) atoms. The minimum Gasteiger partial charge on any atom is -0.503 e. The van der Waals surface area contributed by atoms with Gasteiger partial charge in [-0.05, 0) is 31.4 Å². The Morgan fingerprint density at radius 1 is 1.25 bits per heavy atom. The van der Waals surface area contributed by atoms with Crippen LogP contribution < -0.4 is 9.47 Å². The zero-order valence-electron chi connectivity index (χ0n) is 17.4. The van der Waals surface area contributed by atoms with Crippen molar-refractivity contribution in [2.45, 2.75) is 52.5 Å². The number of ketones is 1. The molecule has 0 unspecified atom stereocenters. The summed E-state index contributed by atoms with van der Waals surface area (Å²) in [6.07, 6.45) is 4.09. The summed E-state index contributed by atoms with van der Waals surface area (Å²) in [5.74, 6) is 0.150. The molecule has 1 aliphatic heterocycles. The highest BCUT2D eigenvalue weighted by molar-refractivity contribution is 6.08. The molecule has 6 nitrogen and oxygen atoms in total. The first-order valence-electron chi connectivity index (χ1n) is 9.86. The molecule has 1 aromatic rings. The van der Waals surface area contributed by atoms with Crippen molar-refractivity contribution in [2.75, 3.05) is 20.8 Å². The van der Waals surface area contributed by atoms with Crippen molar-refractivity contribution in [1.82, 2.24) is 4.90 Å². The van der Waals surface area contributed by atoms with E-state index in [0.717, 1.165) is 25.7 Å². The lowest BCUT2D eigenvalue weighted by molar-refractivity contribution is -0.130. The summed E-state index contributed by atoms with van der Waals surface area (Å²) in [6, 6.07) is 4.61. The number of carbonyl (C=O) groups is 2. The molecule has 0 aromatic heterocycles. The van der Waals surface area contributed by atoms with Crippen LogP contribution in [0.1, 0.15) is 58.1 Å². The van der Waals surface area contributed by atoms with Crippen LogP contribution in [0, 0.1) is 5.92 Å². The fourth-order valence-electron chi connectivity index (χ4n) is 3.76. The minimum atomic E-state index is -0.665. The lowest BCUT2D eigenvalue weighted by Crippen LogP contribution is -2.35. The van der Waals surface area contributed by atoms with E-state index < -0.39 is 17.7 Å². The molecule has 0 spiro atoms. The Morgan fingerprint density at radius 3 is 2.50 bits per heavy atom. The molecule has 6 heteroatoms. The van der Waals surface area contributed by atoms with E-state index >= 15 is 0 Å². The number of ether oxygens (including phenoxy) is 2. The van der Waals surface area contributed by atoms with Gasteiger partial charge < -0.3 is 19.5 Å². The zero-order chi connectivity index (χ0) is 20.8. The predicted octanol–water partition coefficient (Wildman–Crippen LogP) is 4.20. The molecule has 1 heterocycles. The second kappa shape index (κ2) is 9.62. The lowest BCUT2D eigenvalue weighted by Gasteiger charge is -2.31. The SMILES string of the molecule is CCCC[C@@H](CC)CN1C(=O)C(O)=C(C(C)=O)[C@H]1c1ccc(OC)cc1OC. The molecule has 0 radical (unpaired) electrons. The smallest absolute Gasteiger partial charge is 0.290 e. The maximum absolute atomic E-state index is 12.9. The number of amides is 1. The summed E-state index contributed by atoms with van der Waals surface area (Å²) in [5.41, 5.74) is 0.787. The number of unbranched alkanes of at least 4 members (excludes halogenated alkanes) is 1. The molecular weight excluding hydrogens is 358 g/mol. The number of carbonyl (C=O) groups excluding carboxylic acids is 2. The summed E-state index contributed by atoms with van der Waals surface area (Å²) in [4.78, 5) is 26.8. The number of benzene rings is 1. The number of hydrogen-bond acceptors (Lipinski definition) is 5. The van der Waals surface area contributed by atoms with Gasteiger partial charge in [0.05, 0.1) is 25.8 Å². The van der Waals surface area contributed by atoms with Crippen LogP contribution in [0.15, 0.2) is 29.5 Å². The molecule has 2 rings (SSSR count). The van der Waals surface area contributed by atoms with E-state index in [4.69, 9.17) is 9.47 Å². The number of hydrogen-bond donors (Lipinski definition) is 1. The van der Waals surface area contributed by atoms with Gasteiger partial charge in [-0.3, -0.25) is 9.59 Å². The lowest BCUT2D eigenvalue weighted by atomic mass is 9.93. The first kappa shape index (κ1) is 21.8. The van der Waals surface area contributed by atoms with E-state index in [2.05, 4.69) is 13.8 Å². The van der Waals surface area contributed by atoms with Gasteiger partial charge in [0.15, 0.2) is 11.5 Å². The molecule has 1 aromatic carbocycles. The molecule has 0 fully saturated rings. The van der Waals surface area contributed by atoms with Crippen LogP contribution in [-0.2, 0) is 9.59 Å². The molecule has 1 amide bonds. The topological polar surface area (TPSA) is 76.1 Å². The van der Waals surface area contributed by atoms with Crippen LogP contribution in [0.25, 0.3) is 0 Å². The van der Waals surface area contributed by atoms with Gasteiger partial charge in [-0.2, -0.15) is 0 Å². The van der Waals surface area contributed by atoms with E-state index in [1.54, 1.807) is 30.2 Å². The van der Waals surface area contributed by atoms with Gasteiger partial charge in [-0.25, -0.2) is 0 Å². The highest BCUT2D eigenvalue weighted by atomic mass is 16.5. The monoisotopic (exact) mass is 389 g/mol. The van der Waals surface area contributed by atoms with Gasteiger partial charge in [-0.15, -0.1) is 0 Å². The quantitative estimate of drug-likeness (QED) is 0.649. The largest absolute Gasteiger partial charge is 0.503 e. The van der Waals surface area contributed by atoms with Gasteiger partial charge >= 0.3 is 0 Å². The Bertz CT molecular complexity index is 755. The minimum absolute atomic E-state index is 0.124. The zero-order valence-corrected chi connectivity index (χ0v) is 17.4. The summed E-state index contributed by atoms with van der Waals surface area (Å²) in [7, 11) is 3.10. The Balaban J connectivity index is 2.50. The van der Waals surface area contributed by atoms with E-state index in [1.165, 1.54) is 14.0 Å². The van der Waals surface area contributed by atoms with Gasteiger partial charge in [0.2, 0.25) is 0 Å². The molecule has 1 aliphatic rings. The van der Waals surface area contributed by atoms with Gasteiger partial charge in [0.1, 0.15) is 11.5 Å². The van der Waals surface area contributed by atoms with Crippen molar-refractivity contribution < 1.29 is 24.2 Å². The highest BCUT2D eigenvalue weighted by Gasteiger charge is 2.44. The third-order valence-corrected chi connectivity index (χ3v) is 5.42. The first-order valence-corrected chi connectivity index (χ1v) is 9.86. The predicted molar refractivity (Wildman–Crippen MR) is 108 cm³/mol. The summed E-state index contributed by atoms with van der Waals surface area (Å²) >= 11 is 0. The number of nitrogens with zero attached hydrogens (tertiary/aromatic N) is 1. The van der Waals surface area contributed by atoms with Crippen LogP contribution in [0.4, 0.5) is 0 Å². The fourth-order valence-corrected chi connectivity index (χ4v) is 3.76. The van der Waals surface area contributed by atoms with Crippen LogP contribution in [0.3, 0.4) is 0 Å². The molecular formula is C22H31NO5. The molecule has 0 saturated carbocycles. The first-order chi connectivity index (χ1) is 13.4. The molecule has 0 saturated heterocycles. The number of aliphatic hydroxyl groups excluding tert-OH is 1. The molecule has 154 valence electrons. The van der Waals surface area contributed by atoms with Crippen LogP contribution in [0.5, 0.6) is 11.5 Å². The van der Waals surface area contributed by atoms with Crippen molar-refractivity contribution in [2.24, 2.45) is 5.92 Å². The Kier molecular flexibility index (Phi) is 7.49. The maximum atomic E-state index is 12.9. The van der Waals surface area contributed by atoms with Gasteiger partial charge in [0.25, 0.3) is 5.91 Å². The molecule has 0 aliphatic carbocycles. The Hall–Kier alpha value is -2.50. The molecule has 0 bridgehead atoms. The molecule has 1 N–H and O–H groups in total. The van der Waals surface area contributed by atoms with Crippen molar-refractivity contribution in [3.05, 3.63) is 35.1 Å². The summed E-state index contributed by atoms with van der Waals surface area (Å²) in [6.45, 7) is 6.10. The number of aliphatic hydroxyl groups is 1. The van der Waals surface area contributed by atoms with E-state index in [-0.39, 0.29) is 11.4 Å². The van der Waals surface area contributed by atoms with Crippen molar-refractivity contribution in [1.29, 1.82) is 0 Å². The fraction of sp³-hybridized carbons (Fsp3) is 0.545. The van der Waals surface area contributed by atoms with Gasteiger partial charge in [0, 0.05) is 18.2 Å². The second-order valence-electron chi connectivity index (χ2n) is 7.20. The maximum Gasteiger partial charge on any atom is 0.290 e. The van der Waals surface area contributed by atoms with Gasteiger partial charge in [-0.1, -0.05) is 33.1 Å². The number of rotatable bonds is 10. The number of Topliss-reactive ketones (excluding diaryl/α,β-unsaturated/α-hetero) is 1. The normalized spacial score (nSPS) is 17.8. The van der Waals surface area contributed by atoms with E-state index in [0.29, 0.717) is 29.5 Å². The summed E-state index contributed by atoms with van der Waals surface area (Å²) in [5, 5.41) is 10.5. The number of methoxy groups -OCH3 is 2. The van der Waals surface area contributed by atoms with Crippen molar-refractivity contribution >= 4 is 11.7 Å². The highest BCUT2D eigenvalue weighted by Crippen LogP contribution is 2.43. The average molecular weight is 389 g/mol. The Morgan fingerprint density at radius 2 is 1.96 bits per heavy atom. The summed E-state index contributed by atoms with van der Waals surface area (Å²) < 4.78 is 10.8. The van der Waals surface area contributed by atoms with Crippen molar-refractivity contribution in [3.8, 4) is 11.5 Å². The molecule has 2 atom stereocenters.